The van der Waals surface area contributed by atoms with Crippen LogP contribution < -0.4 is 16.6 Å². The van der Waals surface area contributed by atoms with Gasteiger partial charge in [-0.1, -0.05) is 13.3 Å². The van der Waals surface area contributed by atoms with Crippen LogP contribution in [0, 0.1) is 0 Å². The van der Waals surface area contributed by atoms with Crippen LogP contribution in [0.3, 0.4) is 0 Å². The Balaban J connectivity index is 2.36. The summed E-state index contributed by atoms with van der Waals surface area (Å²) in [5, 5.41) is 3.22. The highest BCUT2D eigenvalue weighted by atomic mass is 16.3. The summed E-state index contributed by atoms with van der Waals surface area (Å²) in [6.07, 6.45) is 4.68. The fraction of sp³-hybridized carbons (Fsp3) is 0.583. The second-order valence-electron chi connectivity index (χ2n) is 4.06. The zero-order valence-corrected chi connectivity index (χ0v) is 10.6. The summed E-state index contributed by atoms with van der Waals surface area (Å²) in [7, 11) is 0. The highest BCUT2D eigenvalue weighted by molar-refractivity contribution is 5.79. The molecule has 0 saturated carbocycles. The highest BCUT2D eigenvalue weighted by Gasteiger charge is 2.07. The van der Waals surface area contributed by atoms with E-state index in [1.807, 2.05) is 12.1 Å². The topological polar surface area (TPSA) is 75.6 Å². The number of hydrogen-bond donors (Lipinski definition) is 3. The Morgan fingerprint density at radius 1 is 1.59 bits per heavy atom. The lowest BCUT2D eigenvalue weighted by Crippen LogP contribution is -2.46. The standard InChI is InChI=1S/C12H22N4O/c1-3-4-7-14-12(16-13)15-10(2)9-11-6-5-8-17-11/h5-6,8,10H,3-4,7,9,13H2,1-2H3,(H2,14,15,16). The second-order valence-corrected chi connectivity index (χ2v) is 4.06. The van der Waals surface area contributed by atoms with Crippen molar-refractivity contribution in [2.75, 3.05) is 6.54 Å². The smallest absolute Gasteiger partial charge is 0.205 e. The Morgan fingerprint density at radius 3 is 3.00 bits per heavy atom. The fourth-order valence-electron chi connectivity index (χ4n) is 1.50. The summed E-state index contributed by atoms with van der Waals surface area (Å²) < 4.78 is 5.29. The monoisotopic (exact) mass is 238 g/mol. The third kappa shape index (κ3) is 5.40. The average molecular weight is 238 g/mol. The van der Waals surface area contributed by atoms with Crippen LogP contribution in [-0.2, 0) is 6.42 Å². The largest absolute Gasteiger partial charge is 0.469 e. The van der Waals surface area contributed by atoms with Crippen molar-refractivity contribution in [2.24, 2.45) is 10.8 Å². The Morgan fingerprint density at radius 2 is 2.41 bits per heavy atom. The number of rotatable bonds is 6. The van der Waals surface area contributed by atoms with Gasteiger partial charge >= 0.3 is 0 Å². The molecule has 0 aromatic carbocycles. The van der Waals surface area contributed by atoms with Crippen molar-refractivity contribution in [3.05, 3.63) is 24.2 Å². The number of nitrogens with two attached hydrogens (primary N) is 1. The van der Waals surface area contributed by atoms with Crippen LogP contribution in [0.25, 0.3) is 0 Å². The van der Waals surface area contributed by atoms with Crippen molar-refractivity contribution in [1.82, 2.24) is 10.7 Å². The molecular weight excluding hydrogens is 216 g/mol. The molecule has 5 heteroatoms. The first-order valence-electron chi connectivity index (χ1n) is 6.06. The zero-order valence-electron chi connectivity index (χ0n) is 10.6. The molecule has 0 amide bonds. The summed E-state index contributed by atoms with van der Waals surface area (Å²) >= 11 is 0. The fourth-order valence-corrected chi connectivity index (χ4v) is 1.50. The van der Waals surface area contributed by atoms with Crippen LogP contribution in [0.1, 0.15) is 32.4 Å². The lowest BCUT2D eigenvalue weighted by molar-refractivity contribution is 0.480. The van der Waals surface area contributed by atoms with Gasteiger partial charge in [-0.2, -0.15) is 0 Å². The quantitative estimate of drug-likeness (QED) is 0.230. The third-order valence-electron chi connectivity index (χ3n) is 2.39. The SMILES string of the molecule is CCCCN=C(NN)NC(C)Cc1ccco1. The maximum atomic E-state index is 5.41. The molecule has 0 spiro atoms. The molecule has 0 aliphatic rings. The first kappa shape index (κ1) is 13.6. The van der Waals surface area contributed by atoms with Gasteiger partial charge in [-0.25, -0.2) is 5.84 Å². The average Bonchev–Trinajstić information content (AvgIpc) is 2.80. The van der Waals surface area contributed by atoms with Crippen molar-refractivity contribution in [2.45, 2.75) is 39.2 Å². The summed E-state index contributed by atoms with van der Waals surface area (Å²) in [5.74, 6) is 7.00. The van der Waals surface area contributed by atoms with Gasteiger partial charge in [0.1, 0.15) is 5.76 Å². The first-order valence-corrected chi connectivity index (χ1v) is 6.06. The minimum atomic E-state index is 0.220. The van der Waals surface area contributed by atoms with Gasteiger partial charge in [0.15, 0.2) is 0 Å². The highest BCUT2D eigenvalue weighted by Crippen LogP contribution is 2.03. The lowest BCUT2D eigenvalue weighted by Gasteiger charge is -2.15. The molecule has 96 valence electrons. The third-order valence-corrected chi connectivity index (χ3v) is 2.39. The molecule has 1 heterocycles. The molecule has 1 aromatic heterocycles. The van der Waals surface area contributed by atoms with E-state index in [9.17, 15) is 0 Å². The molecule has 0 radical (unpaired) electrons. The Hall–Kier alpha value is -1.49. The molecule has 1 aromatic rings. The molecule has 1 unspecified atom stereocenters. The van der Waals surface area contributed by atoms with E-state index >= 15 is 0 Å². The van der Waals surface area contributed by atoms with Crippen LogP contribution in [0.5, 0.6) is 0 Å². The molecule has 0 saturated heterocycles. The van der Waals surface area contributed by atoms with Gasteiger partial charge in [-0.3, -0.25) is 10.4 Å². The number of hydrogen-bond acceptors (Lipinski definition) is 3. The van der Waals surface area contributed by atoms with E-state index in [-0.39, 0.29) is 6.04 Å². The molecule has 1 atom stereocenters. The molecular formula is C12H22N4O. The van der Waals surface area contributed by atoms with E-state index in [2.05, 4.69) is 29.6 Å². The zero-order chi connectivity index (χ0) is 12.5. The van der Waals surface area contributed by atoms with E-state index in [1.165, 1.54) is 0 Å². The summed E-state index contributed by atoms with van der Waals surface area (Å²) in [6.45, 7) is 4.99. The Labute approximate surface area is 102 Å². The Kier molecular flexibility index (Phi) is 6.17. The Bertz CT molecular complexity index is 321. The van der Waals surface area contributed by atoms with Crippen LogP contribution in [0.2, 0.25) is 0 Å². The van der Waals surface area contributed by atoms with E-state index in [0.29, 0.717) is 5.96 Å². The van der Waals surface area contributed by atoms with Gasteiger partial charge < -0.3 is 9.73 Å². The lowest BCUT2D eigenvalue weighted by atomic mass is 10.2. The minimum Gasteiger partial charge on any atom is -0.469 e. The first-order chi connectivity index (χ1) is 8.26. The van der Waals surface area contributed by atoms with Gasteiger partial charge in [0.05, 0.1) is 6.26 Å². The van der Waals surface area contributed by atoms with E-state index in [1.54, 1.807) is 6.26 Å². The van der Waals surface area contributed by atoms with Crippen molar-refractivity contribution < 1.29 is 4.42 Å². The number of nitrogens with one attached hydrogen (secondary N) is 2. The van der Waals surface area contributed by atoms with Gasteiger partial charge in [-0.05, 0) is 25.5 Å². The number of unbranched alkanes of at least 4 members (excludes halogenated alkanes) is 1. The summed E-state index contributed by atoms with van der Waals surface area (Å²) in [4.78, 5) is 4.34. The normalized spacial score (nSPS) is 13.5. The molecule has 0 aliphatic carbocycles. The van der Waals surface area contributed by atoms with Crippen molar-refractivity contribution in [3.63, 3.8) is 0 Å². The number of hydrazine groups is 1. The maximum absolute atomic E-state index is 5.41. The van der Waals surface area contributed by atoms with Crippen molar-refractivity contribution >= 4 is 5.96 Å². The summed E-state index contributed by atoms with van der Waals surface area (Å²) in [6, 6.07) is 4.07. The second kappa shape index (κ2) is 7.73. The van der Waals surface area contributed by atoms with E-state index < -0.39 is 0 Å². The number of furan rings is 1. The number of aliphatic imine (C=N–C) groups is 1. The molecule has 4 N–H and O–H groups in total. The van der Waals surface area contributed by atoms with Crippen LogP contribution in [0.15, 0.2) is 27.8 Å². The van der Waals surface area contributed by atoms with Gasteiger partial charge in [0, 0.05) is 19.0 Å². The van der Waals surface area contributed by atoms with Gasteiger partial charge in [-0.15, -0.1) is 0 Å². The van der Waals surface area contributed by atoms with Crippen LogP contribution in [-0.4, -0.2) is 18.5 Å². The van der Waals surface area contributed by atoms with Crippen molar-refractivity contribution in [3.8, 4) is 0 Å². The molecule has 5 nitrogen and oxygen atoms in total. The number of nitrogens with zero attached hydrogens (tertiary/aromatic N) is 1. The minimum absolute atomic E-state index is 0.220. The molecule has 1 rings (SSSR count). The van der Waals surface area contributed by atoms with E-state index in [0.717, 1.165) is 31.6 Å². The summed E-state index contributed by atoms with van der Waals surface area (Å²) in [5.41, 5.74) is 2.58. The predicted molar refractivity (Wildman–Crippen MR) is 69.5 cm³/mol. The molecule has 0 bridgehead atoms. The van der Waals surface area contributed by atoms with Crippen LogP contribution in [0.4, 0.5) is 0 Å². The predicted octanol–water partition coefficient (Wildman–Crippen LogP) is 1.42. The van der Waals surface area contributed by atoms with Gasteiger partial charge in [0.2, 0.25) is 5.96 Å². The maximum Gasteiger partial charge on any atom is 0.205 e. The van der Waals surface area contributed by atoms with Gasteiger partial charge in [0.25, 0.3) is 0 Å². The van der Waals surface area contributed by atoms with E-state index in [4.69, 9.17) is 10.3 Å². The van der Waals surface area contributed by atoms with Crippen LogP contribution >= 0.6 is 0 Å². The molecule has 0 aliphatic heterocycles. The number of guanidine groups is 1. The van der Waals surface area contributed by atoms with Crippen molar-refractivity contribution in [1.29, 1.82) is 0 Å². The molecule has 0 fully saturated rings. The molecule has 17 heavy (non-hydrogen) atoms.